The summed E-state index contributed by atoms with van der Waals surface area (Å²) in [4.78, 5) is 24.7. The molecule has 0 aromatic heterocycles. The van der Waals surface area contributed by atoms with E-state index >= 15 is 0 Å². The Bertz CT molecular complexity index is 683. The van der Waals surface area contributed by atoms with Gasteiger partial charge in [-0.05, 0) is 61.4 Å². The van der Waals surface area contributed by atoms with Crippen LogP contribution in [0.2, 0.25) is 0 Å². The fraction of sp³-hybridized carbons (Fsp3) is 0.471. The number of imide groups is 1. The van der Waals surface area contributed by atoms with Crippen LogP contribution in [-0.2, 0) is 4.79 Å². The maximum absolute atomic E-state index is 12.6. The van der Waals surface area contributed by atoms with Crippen molar-refractivity contribution in [3.05, 3.63) is 29.8 Å². The SMILES string of the molecule is CC1CCC2(CC1)NC(=O)N(N=Cc1ccc(OC(F)F)cc1)C2=O. The average molecular weight is 351 g/mol. The highest BCUT2D eigenvalue weighted by Crippen LogP contribution is 2.36. The second-order valence-electron chi connectivity index (χ2n) is 6.50. The quantitative estimate of drug-likeness (QED) is 0.669. The molecule has 0 atom stereocenters. The molecule has 1 heterocycles. The van der Waals surface area contributed by atoms with Gasteiger partial charge in [0.15, 0.2) is 0 Å². The van der Waals surface area contributed by atoms with Crippen molar-refractivity contribution in [1.82, 2.24) is 10.3 Å². The van der Waals surface area contributed by atoms with Gasteiger partial charge in [-0.1, -0.05) is 6.92 Å². The number of hydrogen-bond acceptors (Lipinski definition) is 4. The van der Waals surface area contributed by atoms with Crippen molar-refractivity contribution in [2.45, 2.75) is 44.8 Å². The Hall–Kier alpha value is -2.51. The van der Waals surface area contributed by atoms with E-state index in [0.29, 0.717) is 24.3 Å². The lowest BCUT2D eigenvalue weighted by Crippen LogP contribution is -2.49. The van der Waals surface area contributed by atoms with E-state index in [-0.39, 0.29) is 11.7 Å². The number of alkyl halides is 2. The van der Waals surface area contributed by atoms with Crippen molar-refractivity contribution in [2.24, 2.45) is 11.0 Å². The third-order valence-electron chi connectivity index (χ3n) is 4.70. The number of ether oxygens (including phenoxy) is 1. The Morgan fingerprint density at radius 3 is 2.52 bits per heavy atom. The lowest BCUT2D eigenvalue weighted by atomic mass is 9.77. The van der Waals surface area contributed by atoms with Crippen LogP contribution in [0.15, 0.2) is 29.4 Å². The minimum absolute atomic E-state index is 0.0254. The van der Waals surface area contributed by atoms with E-state index in [2.05, 4.69) is 22.1 Å². The van der Waals surface area contributed by atoms with Crippen LogP contribution in [0.1, 0.15) is 38.2 Å². The second-order valence-corrected chi connectivity index (χ2v) is 6.50. The van der Waals surface area contributed by atoms with Gasteiger partial charge >= 0.3 is 12.6 Å². The molecule has 6 nitrogen and oxygen atoms in total. The summed E-state index contributed by atoms with van der Waals surface area (Å²) < 4.78 is 28.5. The number of carbonyl (C=O) groups is 2. The Morgan fingerprint density at radius 2 is 1.92 bits per heavy atom. The predicted octanol–water partition coefficient (Wildman–Crippen LogP) is 3.12. The smallest absolute Gasteiger partial charge is 0.387 e. The van der Waals surface area contributed by atoms with E-state index in [1.807, 2.05) is 0 Å². The number of hydrazone groups is 1. The monoisotopic (exact) mass is 351 g/mol. The van der Waals surface area contributed by atoms with Crippen LogP contribution >= 0.6 is 0 Å². The van der Waals surface area contributed by atoms with Gasteiger partial charge in [0, 0.05) is 0 Å². The molecular formula is C17H19F2N3O3. The van der Waals surface area contributed by atoms with Gasteiger partial charge in [-0.15, -0.1) is 5.01 Å². The van der Waals surface area contributed by atoms with Gasteiger partial charge < -0.3 is 10.1 Å². The summed E-state index contributed by atoms with van der Waals surface area (Å²) >= 11 is 0. The third kappa shape index (κ3) is 3.62. The normalized spacial score (nSPS) is 26.7. The molecule has 2 aliphatic rings. The number of amides is 3. The highest BCUT2D eigenvalue weighted by molar-refractivity contribution is 6.07. The van der Waals surface area contributed by atoms with Crippen molar-refractivity contribution in [3.8, 4) is 5.75 Å². The summed E-state index contributed by atoms with van der Waals surface area (Å²) in [6.07, 6.45) is 4.34. The van der Waals surface area contributed by atoms with Crippen LogP contribution in [-0.4, -0.2) is 35.3 Å². The average Bonchev–Trinajstić information content (AvgIpc) is 2.80. The van der Waals surface area contributed by atoms with Crippen molar-refractivity contribution < 1.29 is 23.1 Å². The van der Waals surface area contributed by atoms with E-state index in [0.717, 1.165) is 17.9 Å². The zero-order valence-electron chi connectivity index (χ0n) is 13.7. The molecule has 1 spiro atoms. The van der Waals surface area contributed by atoms with E-state index in [1.165, 1.54) is 30.5 Å². The van der Waals surface area contributed by atoms with Gasteiger partial charge in [-0.25, -0.2) is 4.79 Å². The highest BCUT2D eigenvalue weighted by Gasteiger charge is 2.52. The van der Waals surface area contributed by atoms with Crippen LogP contribution in [0.4, 0.5) is 13.6 Å². The van der Waals surface area contributed by atoms with Crippen molar-refractivity contribution >= 4 is 18.2 Å². The molecule has 1 saturated heterocycles. The Morgan fingerprint density at radius 1 is 1.28 bits per heavy atom. The first-order valence-electron chi connectivity index (χ1n) is 8.15. The predicted molar refractivity (Wildman–Crippen MR) is 86.4 cm³/mol. The molecule has 0 unspecified atom stereocenters. The molecule has 1 aromatic rings. The molecular weight excluding hydrogens is 332 g/mol. The summed E-state index contributed by atoms with van der Waals surface area (Å²) in [6.45, 7) is -0.759. The first-order chi connectivity index (χ1) is 11.9. The van der Waals surface area contributed by atoms with Gasteiger partial charge in [0.05, 0.1) is 6.21 Å². The third-order valence-corrected chi connectivity index (χ3v) is 4.70. The molecule has 8 heteroatoms. The molecule has 1 N–H and O–H groups in total. The fourth-order valence-electron chi connectivity index (χ4n) is 3.16. The van der Waals surface area contributed by atoms with Gasteiger partial charge in [0.2, 0.25) is 0 Å². The number of rotatable bonds is 4. The zero-order chi connectivity index (χ0) is 18.0. The summed E-state index contributed by atoms with van der Waals surface area (Å²) in [7, 11) is 0. The molecule has 2 fully saturated rings. The molecule has 0 bridgehead atoms. The number of urea groups is 1. The minimum Gasteiger partial charge on any atom is -0.435 e. The minimum atomic E-state index is -2.89. The number of nitrogens with zero attached hydrogens (tertiary/aromatic N) is 2. The van der Waals surface area contributed by atoms with Crippen LogP contribution in [0, 0.1) is 5.92 Å². The Kier molecular flexibility index (Phi) is 4.69. The van der Waals surface area contributed by atoms with Crippen LogP contribution in [0.3, 0.4) is 0 Å². The molecule has 1 aromatic carbocycles. The number of nitrogens with one attached hydrogen (secondary N) is 1. The maximum Gasteiger partial charge on any atom is 0.387 e. The lowest BCUT2D eigenvalue weighted by Gasteiger charge is -2.33. The van der Waals surface area contributed by atoms with Gasteiger partial charge in [0.25, 0.3) is 5.91 Å². The largest absolute Gasteiger partial charge is 0.435 e. The van der Waals surface area contributed by atoms with E-state index < -0.39 is 18.2 Å². The molecule has 0 radical (unpaired) electrons. The van der Waals surface area contributed by atoms with Crippen molar-refractivity contribution in [2.75, 3.05) is 0 Å². The second kappa shape index (κ2) is 6.78. The maximum atomic E-state index is 12.6. The molecule has 25 heavy (non-hydrogen) atoms. The molecule has 1 aliphatic heterocycles. The fourth-order valence-corrected chi connectivity index (χ4v) is 3.16. The molecule has 3 rings (SSSR count). The van der Waals surface area contributed by atoms with Gasteiger partial charge in [-0.2, -0.15) is 13.9 Å². The summed E-state index contributed by atoms with van der Waals surface area (Å²) in [6, 6.07) is 5.22. The van der Waals surface area contributed by atoms with Crippen LogP contribution in [0.25, 0.3) is 0 Å². The van der Waals surface area contributed by atoms with E-state index in [1.54, 1.807) is 0 Å². The Labute approximate surface area is 143 Å². The van der Waals surface area contributed by atoms with Crippen LogP contribution in [0.5, 0.6) is 5.75 Å². The van der Waals surface area contributed by atoms with Crippen LogP contribution < -0.4 is 10.1 Å². The molecule has 134 valence electrons. The van der Waals surface area contributed by atoms with E-state index in [9.17, 15) is 18.4 Å². The number of hydrogen-bond donors (Lipinski definition) is 1. The number of carbonyl (C=O) groups excluding carboxylic acids is 2. The standard InChI is InChI=1S/C17H19F2N3O3/c1-11-6-8-17(9-7-11)14(23)22(16(24)21-17)20-10-12-2-4-13(5-3-12)25-15(18)19/h2-5,10-11,15H,6-9H2,1H3,(H,21,24). The highest BCUT2D eigenvalue weighted by atomic mass is 19.3. The Balaban J connectivity index is 1.69. The molecule has 1 saturated carbocycles. The zero-order valence-corrected chi connectivity index (χ0v) is 13.7. The summed E-state index contributed by atoms with van der Waals surface area (Å²) in [5.41, 5.74) is -0.281. The number of benzene rings is 1. The first-order valence-corrected chi connectivity index (χ1v) is 8.15. The molecule has 3 amide bonds. The summed E-state index contributed by atoms with van der Waals surface area (Å²) in [5.74, 6) is 0.234. The van der Waals surface area contributed by atoms with Gasteiger partial charge in [0.1, 0.15) is 11.3 Å². The van der Waals surface area contributed by atoms with Crippen molar-refractivity contribution in [3.63, 3.8) is 0 Å². The first kappa shape index (κ1) is 17.3. The van der Waals surface area contributed by atoms with Crippen molar-refractivity contribution in [1.29, 1.82) is 0 Å². The lowest BCUT2D eigenvalue weighted by molar-refractivity contribution is -0.132. The topological polar surface area (TPSA) is 71.0 Å². The summed E-state index contributed by atoms with van der Waals surface area (Å²) in [5, 5.41) is 7.60. The van der Waals surface area contributed by atoms with E-state index in [4.69, 9.17) is 0 Å². The molecule has 1 aliphatic carbocycles. The number of halogens is 2. The van der Waals surface area contributed by atoms with Gasteiger partial charge in [-0.3, -0.25) is 4.79 Å².